The number of nitrogens with zero attached hydrogens (tertiary/aromatic N) is 1. The lowest BCUT2D eigenvalue weighted by atomic mass is 9.97. The van der Waals surface area contributed by atoms with Crippen molar-refractivity contribution in [1.29, 1.82) is 5.41 Å². The van der Waals surface area contributed by atoms with Crippen LogP contribution in [0.5, 0.6) is 0 Å². The molecule has 0 saturated heterocycles. The Morgan fingerprint density at radius 3 is 2.15 bits per heavy atom. The standard InChI is InChI=1S/C26H24N4O8S/c1-39(36,37)38-25(34)21-15-18(9-12-20(21)16-5-3-2-4-6-16)24(33)30(14-13-22(31)32)26(35)29-19-10-7-17(8-11-19)23(27)28/h2-12,15H,13-14H2,1H3,(H3,27,28)(H,29,35)(H,31,32). The number of nitrogens with two attached hydrogens (primary N) is 1. The third kappa shape index (κ3) is 7.72. The fourth-order valence-electron chi connectivity index (χ4n) is 3.48. The second-order valence-electron chi connectivity index (χ2n) is 8.22. The van der Waals surface area contributed by atoms with Crippen molar-refractivity contribution in [2.45, 2.75) is 6.42 Å². The van der Waals surface area contributed by atoms with E-state index >= 15 is 0 Å². The van der Waals surface area contributed by atoms with Crippen molar-refractivity contribution in [2.24, 2.45) is 5.73 Å². The van der Waals surface area contributed by atoms with E-state index in [0.717, 1.165) is 6.07 Å². The smallest absolute Gasteiger partial charge is 0.354 e. The van der Waals surface area contributed by atoms with Crippen molar-refractivity contribution in [3.8, 4) is 11.1 Å². The molecule has 0 unspecified atom stereocenters. The van der Waals surface area contributed by atoms with Gasteiger partial charge in [-0.2, -0.15) is 8.42 Å². The minimum atomic E-state index is -4.19. The Balaban J connectivity index is 1.99. The molecule has 0 aliphatic heterocycles. The maximum atomic E-state index is 13.4. The quantitative estimate of drug-likeness (QED) is 0.175. The van der Waals surface area contributed by atoms with Crippen LogP contribution in [0.3, 0.4) is 0 Å². The zero-order valence-electron chi connectivity index (χ0n) is 20.6. The van der Waals surface area contributed by atoms with Gasteiger partial charge in [-0.05, 0) is 47.5 Å². The molecule has 3 rings (SSSR count). The number of carbonyl (C=O) groups excluding carboxylic acids is 3. The van der Waals surface area contributed by atoms with Gasteiger partial charge in [-0.15, -0.1) is 0 Å². The molecule has 0 spiro atoms. The van der Waals surface area contributed by atoms with Gasteiger partial charge in [-0.1, -0.05) is 36.4 Å². The summed E-state index contributed by atoms with van der Waals surface area (Å²) in [6.07, 6.45) is 0.135. The van der Waals surface area contributed by atoms with Crippen molar-refractivity contribution in [2.75, 3.05) is 18.1 Å². The molecular weight excluding hydrogens is 528 g/mol. The minimum absolute atomic E-state index is 0.185. The summed E-state index contributed by atoms with van der Waals surface area (Å²) in [4.78, 5) is 51.0. The summed E-state index contributed by atoms with van der Waals surface area (Å²) in [7, 11) is -4.19. The highest BCUT2D eigenvalue weighted by molar-refractivity contribution is 7.86. The van der Waals surface area contributed by atoms with Gasteiger partial charge in [0, 0.05) is 23.4 Å². The Morgan fingerprint density at radius 1 is 0.974 bits per heavy atom. The van der Waals surface area contributed by atoms with Crippen molar-refractivity contribution in [1.82, 2.24) is 4.90 Å². The summed E-state index contributed by atoms with van der Waals surface area (Å²) in [5.74, 6) is -3.63. The molecule has 0 saturated carbocycles. The first-order valence-corrected chi connectivity index (χ1v) is 13.1. The third-order valence-corrected chi connectivity index (χ3v) is 5.74. The molecule has 0 aliphatic carbocycles. The normalized spacial score (nSPS) is 10.8. The summed E-state index contributed by atoms with van der Waals surface area (Å²) in [6, 6.07) is 17.2. The summed E-state index contributed by atoms with van der Waals surface area (Å²) in [6.45, 7) is -0.505. The van der Waals surface area contributed by atoms with Crippen molar-refractivity contribution in [3.05, 3.63) is 89.5 Å². The van der Waals surface area contributed by atoms with E-state index in [4.69, 9.17) is 16.2 Å². The lowest BCUT2D eigenvalue weighted by molar-refractivity contribution is -0.137. The molecule has 3 aromatic carbocycles. The lowest BCUT2D eigenvalue weighted by Crippen LogP contribution is -2.41. The van der Waals surface area contributed by atoms with E-state index in [2.05, 4.69) is 9.50 Å². The molecule has 3 amide bonds. The first kappa shape index (κ1) is 28.5. The highest BCUT2D eigenvalue weighted by atomic mass is 32.2. The predicted molar refractivity (Wildman–Crippen MR) is 142 cm³/mol. The number of amidine groups is 1. The van der Waals surface area contributed by atoms with E-state index in [1.54, 1.807) is 30.3 Å². The number of carboxylic acid groups (broad SMARTS) is 1. The van der Waals surface area contributed by atoms with Crippen LogP contribution >= 0.6 is 0 Å². The van der Waals surface area contributed by atoms with Gasteiger partial charge in [-0.3, -0.25) is 19.9 Å². The molecule has 3 aromatic rings. The fourth-order valence-corrected chi connectivity index (χ4v) is 3.85. The maximum absolute atomic E-state index is 13.4. The fraction of sp³-hybridized carbons (Fsp3) is 0.115. The summed E-state index contributed by atoms with van der Waals surface area (Å²) >= 11 is 0. The number of nitrogens with one attached hydrogen (secondary N) is 2. The van der Waals surface area contributed by atoms with Crippen LogP contribution in [0.15, 0.2) is 72.8 Å². The Hall–Kier alpha value is -5.04. The second-order valence-corrected chi connectivity index (χ2v) is 9.80. The number of hydrogen-bond acceptors (Lipinski definition) is 8. The number of benzene rings is 3. The number of aliphatic carboxylic acids is 1. The number of nitrogen functional groups attached to an aromatic ring is 1. The first-order valence-electron chi connectivity index (χ1n) is 11.3. The van der Waals surface area contributed by atoms with Crippen LogP contribution in [0.2, 0.25) is 0 Å². The molecule has 0 aliphatic rings. The minimum Gasteiger partial charge on any atom is -0.481 e. The summed E-state index contributed by atoms with van der Waals surface area (Å²) in [5, 5.41) is 19.1. The molecule has 0 heterocycles. The molecule has 0 atom stereocenters. The number of anilines is 1. The Labute approximate surface area is 223 Å². The number of urea groups is 1. The predicted octanol–water partition coefficient (Wildman–Crippen LogP) is 2.90. The molecule has 5 N–H and O–H groups in total. The van der Waals surface area contributed by atoms with Crippen LogP contribution < -0.4 is 11.1 Å². The number of hydrogen-bond donors (Lipinski definition) is 4. The van der Waals surface area contributed by atoms with Crippen LogP contribution in [0, 0.1) is 5.41 Å². The Kier molecular flexibility index (Phi) is 8.78. The van der Waals surface area contributed by atoms with E-state index in [0.29, 0.717) is 22.3 Å². The van der Waals surface area contributed by atoms with Crippen molar-refractivity contribution < 1.29 is 36.9 Å². The molecular formula is C26H24N4O8S. The van der Waals surface area contributed by atoms with Crippen molar-refractivity contribution in [3.63, 3.8) is 0 Å². The van der Waals surface area contributed by atoms with Gasteiger partial charge >= 0.3 is 28.1 Å². The van der Waals surface area contributed by atoms with Crippen LogP contribution in [0.4, 0.5) is 10.5 Å². The van der Waals surface area contributed by atoms with Gasteiger partial charge in [0.05, 0.1) is 18.2 Å². The average molecular weight is 553 g/mol. The summed E-state index contributed by atoms with van der Waals surface area (Å²) in [5.41, 5.74) is 6.43. The largest absolute Gasteiger partial charge is 0.481 e. The lowest BCUT2D eigenvalue weighted by Gasteiger charge is -2.21. The van der Waals surface area contributed by atoms with Crippen LogP contribution in [0.1, 0.15) is 32.7 Å². The molecule has 39 heavy (non-hydrogen) atoms. The van der Waals surface area contributed by atoms with Crippen LogP contribution in [-0.2, 0) is 19.1 Å². The van der Waals surface area contributed by atoms with E-state index in [1.165, 1.54) is 36.4 Å². The molecule has 13 heteroatoms. The molecule has 0 fully saturated rings. The molecule has 0 bridgehead atoms. The second kappa shape index (κ2) is 12.0. The van der Waals surface area contributed by atoms with Crippen LogP contribution in [0.25, 0.3) is 11.1 Å². The average Bonchev–Trinajstić information content (AvgIpc) is 2.88. The monoisotopic (exact) mass is 552 g/mol. The Bertz CT molecular complexity index is 1540. The molecule has 202 valence electrons. The van der Waals surface area contributed by atoms with Gasteiger partial charge in [0.25, 0.3) is 5.91 Å². The third-order valence-electron chi connectivity index (χ3n) is 5.29. The molecule has 0 aromatic heterocycles. The number of carbonyl (C=O) groups is 4. The SMILES string of the molecule is CS(=O)(=O)OC(=O)c1cc(C(=O)N(CCC(=O)O)C(=O)Nc2ccc(C(=N)N)cc2)ccc1-c1ccccc1. The number of amides is 3. The van der Waals surface area contributed by atoms with E-state index in [-0.39, 0.29) is 28.2 Å². The van der Waals surface area contributed by atoms with Gasteiger partial charge in [-0.25, -0.2) is 9.59 Å². The van der Waals surface area contributed by atoms with E-state index in [1.807, 2.05) is 0 Å². The number of rotatable bonds is 9. The van der Waals surface area contributed by atoms with Gasteiger partial charge in [0.1, 0.15) is 5.84 Å². The van der Waals surface area contributed by atoms with E-state index < -0.39 is 47.0 Å². The van der Waals surface area contributed by atoms with Crippen molar-refractivity contribution >= 4 is 45.5 Å². The van der Waals surface area contributed by atoms with Gasteiger partial charge < -0.3 is 20.3 Å². The van der Waals surface area contributed by atoms with Crippen LogP contribution in [-0.4, -0.2) is 60.9 Å². The molecule has 0 radical (unpaired) electrons. The maximum Gasteiger partial charge on any atom is 0.354 e. The highest BCUT2D eigenvalue weighted by Crippen LogP contribution is 2.27. The van der Waals surface area contributed by atoms with Gasteiger partial charge in [0.2, 0.25) is 0 Å². The number of imide groups is 1. The van der Waals surface area contributed by atoms with Gasteiger partial charge in [0.15, 0.2) is 0 Å². The summed E-state index contributed by atoms with van der Waals surface area (Å²) < 4.78 is 27.8. The topological polar surface area (TPSA) is 197 Å². The highest BCUT2D eigenvalue weighted by Gasteiger charge is 2.27. The first-order chi connectivity index (χ1) is 18.4. The number of carboxylic acids is 1. The Morgan fingerprint density at radius 2 is 1.59 bits per heavy atom. The van der Waals surface area contributed by atoms with E-state index in [9.17, 15) is 27.6 Å². The zero-order chi connectivity index (χ0) is 28.7. The molecule has 12 nitrogen and oxygen atoms in total. The zero-order valence-corrected chi connectivity index (χ0v) is 21.4.